The molecule has 1 amide bonds. The third-order valence-corrected chi connectivity index (χ3v) is 8.85. The van der Waals surface area contributed by atoms with Crippen molar-refractivity contribution in [3.8, 4) is 0 Å². The van der Waals surface area contributed by atoms with E-state index in [4.69, 9.17) is 9.57 Å². The summed E-state index contributed by atoms with van der Waals surface area (Å²) in [4.78, 5) is 44.1. The van der Waals surface area contributed by atoms with Crippen LogP contribution in [0.15, 0.2) is 36.7 Å². The van der Waals surface area contributed by atoms with Gasteiger partial charge in [0.2, 0.25) is 0 Å². The van der Waals surface area contributed by atoms with Gasteiger partial charge in [-0.1, -0.05) is 30.3 Å². The molecule has 2 atom stereocenters. The zero-order chi connectivity index (χ0) is 28.5. The Balaban J connectivity index is 1.17. The van der Waals surface area contributed by atoms with E-state index in [1.165, 1.54) is 11.9 Å². The number of piperidine rings is 1. The van der Waals surface area contributed by atoms with Crippen molar-refractivity contribution in [1.82, 2.24) is 24.8 Å². The second kappa shape index (κ2) is 11.4. The summed E-state index contributed by atoms with van der Waals surface area (Å²) < 4.78 is 5.35. The minimum atomic E-state index is -0.638. The number of hydrogen-bond acceptors (Lipinski definition) is 8. The molecule has 4 heterocycles. The lowest BCUT2D eigenvalue weighted by atomic mass is 9.70. The summed E-state index contributed by atoms with van der Waals surface area (Å²) >= 11 is 0. The molecule has 9 heteroatoms. The van der Waals surface area contributed by atoms with Crippen LogP contribution in [0.1, 0.15) is 67.3 Å². The zero-order valence-corrected chi connectivity index (χ0v) is 24.6. The van der Waals surface area contributed by atoms with Crippen LogP contribution in [0.3, 0.4) is 0 Å². The Morgan fingerprint density at radius 2 is 1.55 bits per heavy atom. The SMILES string of the molecule is Cc1ncnc(C)c1C(=O)N1CC2CN(CCC3(c4ccccc4)CCN(OC(=O)OC(C)(C)C)CC3)CC2C1. The summed E-state index contributed by atoms with van der Waals surface area (Å²) in [5.74, 6) is 1.08. The molecule has 2 aromatic rings. The molecule has 0 radical (unpaired) electrons. The summed E-state index contributed by atoms with van der Waals surface area (Å²) in [6.45, 7) is 15.3. The summed E-state index contributed by atoms with van der Waals surface area (Å²) in [5.41, 5.74) is 2.99. The molecule has 0 aliphatic carbocycles. The Bertz CT molecular complexity index is 1170. The van der Waals surface area contributed by atoms with Gasteiger partial charge in [0.1, 0.15) is 11.9 Å². The van der Waals surface area contributed by atoms with Crippen LogP contribution in [0, 0.1) is 25.7 Å². The number of hydroxylamine groups is 2. The Labute approximate surface area is 237 Å². The Morgan fingerprint density at radius 3 is 2.12 bits per heavy atom. The molecule has 1 aromatic heterocycles. The molecule has 3 aliphatic rings. The highest BCUT2D eigenvalue weighted by Gasteiger charge is 2.44. The average Bonchev–Trinajstić information content (AvgIpc) is 3.47. The first-order valence-electron chi connectivity index (χ1n) is 14.5. The summed E-state index contributed by atoms with van der Waals surface area (Å²) in [6, 6.07) is 10.8. The number of amides is 1. The molecule has 3 aliphatic heterocycles. The van der Waals surface area contributed by atoms with E-state index in [2.05, 4.69) is 45.2 Å². The average molecular weight is 550 g/mol. The normalized spacial score (nSPS) is 23.2. The number of rotatable bonds is 6. The summed E-state index contributed by atoms with van der Waals surface area (Å²) in [6.07, 6.45) is 3.78. The van der Waals surface area contributed by atoms with Gasteiger partial charge in [0.25, 0.3) is 5.91 Å². The minimum Gasteiger partial charge on any atom is -0.427 e. The number of carbonyl (C=O) groups is 2. The van der Waals surface area contributed by atoms with Crippen LogP contribution in [0.4, 0.5) is 4.79 Å². The maximum Gasteiger partial charge on any atom is 0.528 e. The number of ether oxygens (including phenoxy) is 1. The van der Waals surface area contributed by atoms with Crippen LogP contribution < -0.4 is 0 Å². The van der Waals surface area contributed by atoms with Crippen molar-refractivity contribution in [2.45, 2.75) is 64.9 Å². The number of fused-ring (bicyclic) bond motifs is 1. The van der Waals surface area contributed by atoms with Gasteiger partial charge in [0.15, 0.2) is 0 Å². The van der Waals surface area contributed by atoms with Gasteiger partial charge in [-0.25, -0.2) is 14.8 Å². The topological polar surface area (TPSA) is 88.1 Å². The maximum atomic E-state index is 13.3. The highest BCUT2D eigenvalue weighted by atomic mass is 16.8. The smallest absolute Gasteiger partial charge is 0.427 e. The molecule has 3 fully saturated rings. The molecule has 1 aromatic carbocycles. The van der Waals surface area contributed by atoms with Gasteiger partial charge in [-0.05, 0) is 83.2 Å². The summed E-state index contributed by atoms with van der Waals surface area (Å²) in [5, 5.41) is 1.75. The molecular formula is C31H43N5O4. The first-order valence-corrected chi connectivity index (χ1v) is 14.5. The van der Waals surface area contributed by atoms with Crippen molar-refractivity contribution in [1.29, 1.82) is 0 Å². The van der Waals surface area contributed by atoms with Crippen molar-refractivity contribution in [3.05, 3.63) is 59.2 Å². The Kier molecular flexibility index (Phi) is 8.15. The molecule has 2 unspecified atom stereocenters. The first kappa shape index (κ1) is 28.5. The lowest BCUT2D eigenvalue weighted by Gasteiger charge is -2.42. The van der Waals surface area contributed by atoms with Crippen LogP contribution in [-0.2, 0) is 15.0 Å². The number of carbonyl (C=O) groups excluding carboxylic acids is 2. The standard InChI is InChI=1S/C31H43N5O4/c1-22-27(23(2)33-21-32-22)28(37)35-19-24-17-34(18-25(24)20-35)14-11-31(26-9-7-6-8-10-26)12-15-36(16-13-31)40-29(38)39-30(3,4)5/h6-10,21,24-25H,11-20H2,1-5H3. The predicted molar refractivity (Wildman–Crippen MR) is 152 cm³/mol. The van der Waals surface area contributed by atoms with Crippen molar-refractivity contribution in [3.63, 3.8) is 0 Å². The molecule has 0 spiro atoms. The van der Waals surface area contributed by atoms with E-state index < -0.39 is 11.8 Å². The largest absolute Gasteiger partial charge is 0.528 e. The van der Waals surface area contributed by atoms with Gasteiger partial charge in [0, 0.05) is 39.3 Å². The molecular weight excluding hydrogens is 506 g/mol. The second-order valence-corrected chi connectivity index (χ2v) is 12.8. The van der Waals surface area contributed by atoms with E-state index in [0.717, 1.165) is 63.4 Å². The second-order valence-electron chi connectivity index (χ2n) is 12.8. The van der Waals surface area contributed by atoms with Crippen LogP contribution >= 0.6 is 0 Å². The van der Waals surface area contributed by atoms with E-state index in [0.29, 0.717) is 30.5 Å². The van der Waals surface area contributed by atoms with Crippen LogP contribution in [-0.4, -0.2) is 88.3 Å². The van der Waals surface area contributed by atoms with E-state index in [1.807, 2.05) is 39.5 Å². The van der Waals surface area contributed by atoms with Crippen LogP contribution in [0.5, 0.6) is 0 Å². The highest BCUT2D eigenvalue weighted by Crippen LogP contribution is 2.40. The number of benzene rings is 1. The van der Waals surface area contributed by atoms with E-state index >= 15 is 0 Å². The highest BCUT2D eigenvalue weighted by molar-refractivity contribution is 5.96. The van der Waals surface area contributed by atoms with E-state index in [9.17, 15) is 9.59 Å². The lowest BCUT2D eigenvalue weighted by Crippen LogP contribution is -2.45. The maximum absolute atomic E-state index is 13.3. The minimum absolute atomic E-state index is 0.0388. The third-order valence-electron chi connectivity index (χ3n) is 8.85. The number of hydrogen-bond donors (Lipinski definition) is 0. The molecule has 3 saturated heterocycles. The molecule has 0 saturated carbocycles. The Morgan fingerprint density at radius 1 is 0.950 bits per heavy atom. The fourth-order valence-corrected chi connectivity index (χ4v) is 6.73. The van der Waals surface area contributed by atoms with E-state index in [1.54, 1.807) is 5.06 Å². The van der Waals surface area contributed by atoms with Gasteiger partial charge in [0.05, 0.1) is 17.0 Å². The van der Waals surface area contributed by atoms with Gasteiger partial charge in [-0.2, -0.15) is 0 Å². The van der Waals surface area contributed by atoms with Crippen molar-refractivity contribution >= 4 is 12.1 Å². The molecule has 0 N–H and O–H groups in total. The van der Waals surface area contributed by atoms with Crippen molar-refractivity contribution in [2.75, 3.05) is 45.8 Å². The van der Waals surface area contributed by atoms with E-state index in [-0.39, 0.29) is 11.3 Å². The number of aromatic nitrogens is 2. The third kappa shape index (κ3) is 6.31. The predicted octanol–water partition coefficient (Wildman–Crippen LogP) is 4.39. The number of nitrogens with zero attached hydrogens (tertiary/aromatic N) is 5. The Hall–Kier alpha value is -3.04. The fraction of sp³-hybridized carbons (Fsp3) is 0.613. The quantitative estimate of drug-likeness (QED) is 0.491. The number of likely N-dealkylation sites (tertiary alicyclic amines) is 2. The van der Waals surface area contributed by atoms with Gasteiger partial charge in [-0.3, -0.25) is 4.79 Å². The molecule has 0 bridgehead atoms. The van der Waals surface area contributed by atoms with Crippen LogP contribution in [0.25, 0.3) is 0 Å². The number of aryl methyl sites for hydroxylation is 2. The van der Waals surface area contributed by atoms with Gasteiger partial charge < -0.3 is 19.4 Å². The van der Waals surface area contributed by atoms with Crippen molar-refractivity contribution in [2.24, 2.45) is 11.8 Å². The molecule has 9 nitrogen and oxygen atoms in total. The fourth-order valence-electron chi connectivity index (χ4n) is 6.73. The molecule has 40 heavy (non-hydrogen) atoms. The lowest BCUT2D eigenvalue weighted by molar-refractivity contribution is -0.158. The molecule has 5 rings (SSSR count). The monoisotopic (exact) mass is 549 g/mol. The first-order chi connectivity index (χ1) is 19.0. The molecule has 216 valence electrons. The van der Waals surface area contributed by atoms with Gasteiger partial charge >= 0.3 is 6.16 Å². The van der Waals surface area contributed by atoms with Gasteiger partial charge in [-0.15, -0.1) is 5.06 Å². The summed E-state index contributed by atoms with van der Waals surface area (Å²) in [7, 11) is 0. The van der Waals surface area contributed by atoms with Crippen molar-refractivity contribution < 1.29 is 19.2 Å². The zero-order valence-electron chi connectivity index (χ0n) is 24.6. The van der Waals surface area contributed by atoms with Crippen LogP contribution in [0.2, 0.25) is 0 Å².